The SMILES string of the molecule is CCOC(=O)CCC(=O)c1ccc(C(F)F)cc1. The minimum Gasteiger partial charge on any atom is -0.466 e. The summed E-state index contributed by atoms with van der Waals surface area (Å²) in [4.78, 5) is 22.7. The average molecular weight is 256 g/mol. The summed E-state index contributed by atoms with van der Waals surface area (Å²) in [7, 11) is 0. The molecule has 0 heterocycles. The van der Waals surface area contributed by atoms with Gasteiger partial charge in [0, 0.05) is 17.5 Å². The van der Waals surface area contributed by atoms with Crippen molar-refractivity contribution in [3.63, 3.8) is 0 Å². The highest BCUT2D eigenvalue weighted by Crippen LogP contribution is 2.19. The zero-order valence-corrected chi connectivity index (χ0v) is 9.99. The number of esters is 1. The summed E-state index contributed by atoms with van der Waals surface area (Å²) in [6.07, 6.45) is -2.52. The third kappa shape index (κ3) is 4.24. The fourth-order valence-corrected chi connectivity index (χ4v) is 1.41. The predicted octanol–water partition coefficient (Wildman–Crippen LogP) is 3.15. The van der Waals surface area contributed by atoms with E-state index in [1.165, 1.54) is 24.3 Å². The average Bonchev–Trinajstić information content (AvgIpc) is 2.36. The first-order valence-electron chi connectivity index (χ1n) is 5.61. The zero-order chi connectivity index (χ0) is 13.5. The Hall–Kier alpha value is -1.78. The second kappa shape index (κ2) is 6.83. The van der Waals surface area contributed by atoms with E-state index in [0.29, 0.717) is 5.56 Å². The van der Waals surface area contributed by atoms with Gasteiger partial charge in [-0.2, -0.15) is 0 Å². The van der Waals surface area contributed by atoms with Crippen LogP contribution < -0.4 is 0 Å². The second-order valence-electron chi connectivity index (χ2n) is 3.65. The summed E-state index contributed by atoms with van der Waals surface area (Å²) in [6, 6.07) is 5.11. The summed E-state index contributed by atoms with van der Waals surface area (Å²) in [6.45, 7) is 1.96. The van der Waals surface area contributed by atoms with Gasteiger partial charge in [-0.3, -0.25) is 9.59 Å². The number of ether oxygens (including phenoxy) is 1. The molecule has 0 aliphatic heterocycles. The molecule has 0 aliphatic rings. The third-order valence-electron chi connectivity index (χ3n) is 2.35. The van der Waals surface area contributed by atoms with E-state index < -0.39 is 12.4 Å². The summed E-state index contributed by atoms with van der Waals surface area (Å²) in [5.74, 6) is -0.695. The number of hydrogen-bond acceptors (Lipinski definition) is 3. The van der Waals surface area contributed by atoms with Crippen molar-refractivity contribution in [2.24, 2.45) is 0 Å². The molecule has 1 aromatic rings. The van der Waals surface area contributed by atoms with Crippen LogP contribution in [0.25, 0.3) is 0 Å². The molecule has 18 heavy (non-hydrogen) atoms. The van der Waals surface area contributed by atoms with E-state index in [1.807, 2.05) is 0 Å². The maximum Gasteiger partial charge on any atom is 0.306 e. The number of Topliss-reactive ketones (excluding diaryl/α,β-unsaturated/α-hetero) is 1. The molecule has 0 bridgehead atoms. The molecule has 0 atom stereocenters. The fourth-order valence-electron chi connectivity index (χ4n) is 1.41. The quantitative estimate of drug-likeness (QED) is 0.580. The van der Waals surface area contributed by atoms with Crippen LogP contribution in [0.3, 0.4) is 0 Å². The Morgan fingerprint density at radius 1 is 1.17 bits per heavy atom. The van der Waals surface area contributed by atoms with Gasteiger partial charge in [-0.05, 0) is 6.92 Å². The van der Waals surface area contributed by atoms with Crippen LogP contribution in [0.1, 0.15) is 42.1 Å². The summed E-state index contributed by atoms with van der Waals surface area (Å²) < 4.78 is 29.3. The molecule has 3 nitrogen and oxygen atoms in total. The molecule has 1 aromatic carbocycles. The monoisotopic (exact) mass is 256 g/mol. The van der Waals surface area contributed by atoms with E-state index in [1.54, 1.807) is 6.92 Å². The largest absolute Gasteiger partial charge is 0.466 e. The van der Waals surface area contributed by atoms with Crippen molar-refractivity contribution in [3.05, 3.63) is 35.4 Å². The van der Waals surface area contributed by atoms with E-state index in [-0.39, 0.29) is 30.8 Å². The summed E-state index contributed by atoms with van der Waals surface area (Å²) in [5, 5.41) is 0. The van der Waals surface area contributed by atoms with E-state index in [0.717, 1.165) is 0 Å². The molecule has 0 radical (unpaired) electrons. The minimum absolute atomic E-state index is 0.00325. The number of alkyl halides is 2. The third-order valence-corrected chi connectivity index (χ3v) is 2.35. The van der Waals surface area contributed by atoms with Gasteiger partial charge in [0.1, 0.15) is 0 Å². The van der Waals surface area contributed by atoms with Crippen LogP contribution in [0.15, 0.2) is 24.3 Å². The number of halogens is 2. The van der Waals surface area contributed by atoms with Crippen molar-refractivity contribution in [1.29, 1.82) is 0 Å². The van der Waals surface area contributed by atoms with Crippen molar-refractivity contribution in [2.45, 2.75) is 26.2 Å². The number of carbonyl (C=O) groups is 2. The lowest BCUT2D eigenvalue weighted by Crippen LogP contribution is -2.08. The van der Waals surface area contributed by atoms with Gasteiger partial charge in [-0.25, -0.2) is 8.78 Å². The lowest BCUT2D eigenvalue weighted by atomic mass is 10.0. The van der Waals surface area contributed by atoms with Crippen LogP contribution >= 0.6 is 0 Å². The molecule has 0 fully saturated rings. The van der Waals surface area contributed by atoms with Crippen LogP contribution in [-0.2, 0) is 9.53 Å². The standard InChI is InChI=1S/C13H14F2O3/c1-2-18-12(17)8-7-11(16)9-3-5-10(6-4-9)13(14)15/h3-6,13H,2,7-8H2,1H3. The number of carbonyl (C=O) groups excluding carboxylic acids is 2. The number of ketones is 1. The lowest BCUT2D eigenvalue weighted by Gasteiger charge is -2.03. The predicted molar refractivity (Wildman–Crippen MR) is 61.6 cm³/mol. The molecule has 0 saturated carbocycles. The Morgan fingerprint density at radius 3 is 2.28 bits per heavy atom. The van der Waals surface area contributed by atoms with Crippen molar-refractivity contribution in [1.82, 2.24) is 0 Å². The first kappa shape index (κ1) is 14.3. The first-order chi connectivity index (χ1) is 8.54. The molecule has 0 aromatic heterocycles. The number of hydrogen-bond donors (Lipinski definition) is 0. The first-order valence-corrected chi connectivity index (χ1v) is 5.61. The maximum absolute atomic E-state index is 12.3. The number of rotatable bonds is 6. The molecule has 1 rings (SSSR count). The molecule has 0 unspecified atom stereocenters. The highest BCUT2D eigenvalue weighted by Gasteiger charge is 2.11. The molecule has 0 amide bonds. The van der Waals surface area contributed by atoms with Gasteiger partial charge in [0.25, 0.3) is 6.43 Å². The Labute approximate surface area is 104 Å². The van der Waals surface area contributed by atoms with Crippen LogP contribution in [0.5, 0.6) is 0 Å². The van der Waals surface area contributed by atoms with Crippen LogP contribution in [0, 0.1) is 0 Å². The van der Waals surface area contributed by atoms with Gasteiger partial charge < -0.3 is 4.74 Å². The highest BCUT2D eigenvalue weighted by molar-refractivity contribution is 5.97. The van der Waals surface area contributed by atoms with Gasteiger partial charge in [-0.1, -0.05) is 24.3 Å². The summed E-state index contributed by atoms with van der Waals surface area (Å²) >= 11 is 0. The van der Waals surface area contributed by atoms with E-state index in [9.17, 15) is 18.4 Å². The molecule has 0 N–H and O–H groups in total. The molecule has 5 heteroatoms. The normalized spacial score (nSPS) is 10.4. The topological polar surface area (TPSA) is 43.4 Å². The Balaban J connectivity index is 2.54. The van der Waals surface area contributed by atoms with Crippen molar-refractivity contribution in [3.8, 4) is 0 Å². The highest BCUT2D eigenvalue weighted by atomic mass is 19.3. The molecule has 98 valence electrons. The van der Waals surface area contributed by atoms with Gasteiger partial charge in [-0.15, -0.1) is 0 Å². The van der Waals surface area contributed by atoms with Crippen molar-refractivity contribution in [2.75, 3.05) is 6.61 Å². The summed E-state index contributed by atoms with van der Waals surface area (Å²) in [5.41, 5.74) is 0.195. The van der Waals surface area contributed by atoms with Crippen molar-refractivity contribution < 1.29 is 23.1 Å². The Morgan fingerprint density at radius 2 is 1.78 bits per heavy atom. The van der Waals surface area contributed by atoms with Gasteiger partial charge in [0.2, 0.25) is 0 Å². The number of benzene rings is 1. The molecular formula is C13H14F2O3. The van der Waals surface area contributed by atoms with Crippen molar-refractivity contribution >= 4 is 11.8 Å². The van der Waals surface area contributed by atoms with Crippen LogP contribution in [0.4, 0.5) is 8.78 Å². The van der Waals surface area contributed by atoms with Gasteiger partial charge in [0.05, 0.1) is 13.0 Å². The van der Waals surface area contributed by atoms with Gasteiger partial charge in [0.15, 0.2) is 5.78 Å². The second-order valence-corrected chi connectivity index (χ2v) is 3.65. The van der Waals surface area contributed by atoms with E-state index >= 15 is 0 Å². The Kier molecular flexibility index (Phi) is 5.42. The van der Waals surface area contributed by atoms with E-state index in [4.69, 9.17) is 0 Å². The fraction of sp³-hybridized carbons (Fsp3) is 0.385. The molecule has 0 spiro atoms. The molecule has 0 saturated heterocycles. The lowest BCUT2D eigenvalue weighted by molar-refractivity contribution is -0.143. The maximum atomic E-state index is 12.3. The molecular weight excluding hydrogens is 242 g/mol. The van der Waals surface area contributed by atoms with Crippen LogP contribution in [-0.4, -0.2) is 18.4 Å². The molecule has 0 aliphatic carbocycles. The smallest absolute Gasteiger partial charge is 0.306 e. The van der Waals surface area contributed by atoms with E-state index in [2.05, 4.69) is 4.74 Å². The Bertz CT molecular complexity index is 413. The van der Waals surface area contributed by atoms with Crippen LogP contribution in [0.2, 0.25) is 0 Å². The minimum atomic E-state index is -2.55. The van der Waals surface area contributed by atoms with Gasteiger partial charge >= 0.3 is 5.97 Å². The zero-order valence-electron chi connectivity index (χ0n) is 9.99.